The Hall–Kier alpha value is -1.82. The number of carbonyl (C=O) groups excluding carboxylic acids is 1. The number of amides is 1. The highest BCUT2D eigenvalue weighted by molar-refractivity contribution is 5.67. The van der Waals surface area contributed by atoms with Gasteiger partial charge in [-0.3, -0.25) is 0 Å². The number of rotatable bonds is 5. The average Bonchev–Trinajstić information content (AvgIpc) is 2.92. The molecule has 0 bridgehead atoms. The predicted molar refractivity (Wildman–Crippen MR) is 114 cm³/mol. The van der Waals surface area contributed by atoms with Crippen LogP contribution in [0.2, 0.25) is 0 Å². The molecule has 2 aliphatic heterocycles. The molecule has 1 saturated heterocycles. The maximum atomic E-state index is 13.8. The van der Waals surface area contributed by atoms with Crippen molar-refractivity contribution in [3.63, 3.8) is 0 Å². The number of piperidine rings is 1. The first-order chi connectivity index (χ1) is 14.6. The van der Waals surface area contributed by atoms with Crippen molar-refractivity contribution in [2.24, 2.45) is 0 Å². The number of likely N-dealkylation sites (tertiary alicyclic amines) is 1. The number of hydrogen-bond acceptors (Lipinski definition) is 4. The minimum absolute atomic E-state index is 0.0423. The molecule has 5 nitrogen and oxygen atoms in total. The molecular weight excluding hydrogens is 383 g/mol. The molecule has 2 unspecified atom stereocenters. The summed E-state index contributed by atoms with van der Waals surface area (Å²) in [6, 6.07) is 5.60. The average molecular weight is 419 g/mol. The van der Waals surface area contributed by atoms with Crippen LogP contribution in [0.4, 0.5) is 9.18 Å². The molecule has 1 saturated carbocycles. The molecule has 2 fully saturated rings. The fourth-order valence-electron chi connectivity index (χ4n) is 5.38. The number of ether oxygens (including phenoxy) is 2. The van der Waals surface area contributed by atoms with Crippen LogP contribution in [0.5, 0.6) is 5.75 Å². The highest BCUT2D eigenvalue weighted by Gasteiger charge is 2.44. The number of nitrogens with one attached hydrogen (secondary N) is 1. The molecule has 2 heterocycles. The van der Waals surface area contributed by atoms with E-state index in [4.69, 9.17) is 9.47 Å². The molecule has 6 heteroatoms. The van der Waals surface area contributed by atoms with Gasteiger partial charge in [-0.15, -0.1) is 0 Å². The molecule has 30 heavy (non-hydrogen) atoms. The second-order valence-corrected chi connectivity index (χ2v) is 9.25. The molecular formula is C24H35FN2O3. The van der Waals surface area contributed by atoms with Gasteiger partial charge >= 0.3 is 6.09 Å². The minimum atomic E-state index is -0.270. The molecule has 1 aliphatic carbocycles. The van der Waals surface area contributed by atoms with Crippen molar-refractivity contribution >= 4 is 6.09 Å². The van der Waals surface area contributed by atoms with Crippen LogP contribution in [0.1, 0.15) is 70.3 Å². The van der Waals surface area contributed by atoms with E-state index < -0.39 is 0 Å². The first kappa shape index (κ1) is 21.4. The summed E-state index contributed by atoms with van der Waals surface area (Å²) >= 11 is 0. The van der Waals surface area contributed by atoms with Gasteiger partial charge in [0.05, 0.1) is 13.2 Å². The fraction of sp³-hybridized carbons (Fsp3) is 0.708. The number of benzene rings is 1. The lowest BCUT2D eigenvalue weighted by Gasteiger charge is -2.42. The van der Waals surface area contributed by atoms with E-state index in [1.807, 2.05) is 0 Å². The van der Waals surface area contributed by atoms with Gasteiger partial charge in [0.25, 0.3) is 0 Å². The molecule has 1 spiro atoms. The van der Waals surface area contributed by atoms with Crippen LogP contribution < -0.4 is 10.1 Å². The molecule has 1 aromatic rings. The van der Waals surface area contributed by atoms with Crippen LogP contribution in [0.25, 0.3) is 0 Å². The van der Waals surface area contributed by atoms with Gasteiger partial charge in [-0.2, -0.15) is 0 Å². The number of halogens is 1. The zero-order valence-corrected chi connectivity index (χ0v) is 18.1. The number of nitrogens with zero attached hydrogens (tertiary/aromatic N) is 1. The molecule has 1 amide bonds. The molecule has 2 atom stereocenters. The second kappa shape index (κ2) is 9.54. The van der Waals surface area contributed by atoms with E-state index in [2.05, 4.69) is 17.1 Å². The lowest BCUT2D eigenvalue weighted by Crippen LogP contribution is -2.49. The Morgan fingerprint density at radius 3 is 2.90 bits per heavy atom. The van der Waals surface area contributed by atoms with Crippen LogP contribution >= 0.6 is 0 Å². The molecule has 0 aromatic heterocycles. The monoisotopic (exact) mass is 418 g/mol. The van der Waals surface area contributed by atoms with Crippen molar-refractivity contribution in [2.45, 2.75) is 82.2 Å². The number of carbonyl (C=O) groups is 1. The van der Waals surface area contributed by atoms with Gasteiger partial charge in [-0.05, 0) is 69.8 Å². The van der Waals surface area contributed by atoms with Crippen LogP contribution in [0.15, 0.2) is 18.2 Å². The van der Waals surface area contributed by atoms with E-state index in [-0.39, 0.29) is 23.4 Å². The maximum absolute atomic E-state index is 13.8. The van der Waals surface area contributed by atoms with Crippen LogP contribution in [0, 0.1) is 5.82 Å². The van der Waals surface area contributed by atoms with Crippen LogP contribution in [-0.2, 0) is 10.2 Å². The Labute approximate surface area is 179 Å². The SMILES string of the molecule is CCCCOC(=O)NC1CCCCC(N2CCC3(CC2)COc2ccc(F)cc23)C1. The molecule has 3 aliphatic rings. The third-order valence-electron chi connectivity index (χ3n) is 7.24. The fourth-order valence-corrected chi connectivity index (χ4v) is 5.38. The summed E-state index contributed by atoms with van der Waals surface area (Å²) in [4.78, 5) is 14.7. The largest absolute Gasteiger partial charge is 0.492 e. The smallest absolute Gasteiger partial charge is 0.407 e. The quantitative estimate of drug-likeness (QED) is 0.552. The standard InChI is InChI=1S/C24H35FN2O3/c1-2-3-14-29-23(28)26-19-6-4-5-7-20(16-19)27-12-10-24(11-13-27)17-30-22-9-8-18(25)15-21(22)24/h8-9,15,19-20H,2-7,10-14,16-17H2,1H3,(H,26,28). The zero-order chi connectivity index (χ0) is 21.0. The summed E-state index contributed by atoms with van der Waals surface area (Å²) in [7, 11) is 0. The Kier molecular flexibility index (Phi) is 6.81. The summed E-state index contributed by atoms with van der Waals surface area (Å²) in [5.74, 6) is 0.676. The van der Waals surface area contributed by atoms with Crippen molar-refractivity contribution in [3.8, 4) is 5.75 Å². The van der Waals surface area contributed by atoms with Gasteiger partial charge in [-0.1, -0.05) is 26.2 Å². The van der Waals surface area contributed by atoms with Crippen molar-refractivity contribution < 1.29 is 18.7 Å². The normalized spacial score (nSPS) is 25.9. The Morgan fingerprint density at radius 2 is 2.10 bits per heavy atom. The third-order valence-corrected chi connectivity index (χ3v) is 7.24. The maximum Gasteiger partial charge on any atom is 0.407 e. The van der Waals surface area contributed by atoms with Gasteiger partial charge in [0.1, 0.15) is 11.6 Å². The van der Waals surface area contributed by atoms with Crippen molar-refractivity contribution in [2.75, 3.05) is 26.3 Å². The number of fused-ring (bicyclic) bond motifs is 2. The Bertz CT molecular complexity index is 733. The van der Waals surface area contributed by atoms with Crippen molar-refractivity contribution in [3.05, 3.63) is 29.6 Å². The van der Waals surface area contributed by atoms with E-state index >= 15 is 0 Å². The van der Waals surface area contributed by atoms with Crippen LogP contribution in [-0.4, -0.2) is 49.4 Å². The third kappa shape index (κ3) is 4.74. The van der Waals surface area contributed by atoms with E-state index in [0.717, 1.165) is 69.3 Å². The van der Waals surface area contributed by atoms with E-state index in [1.54, 1.807) is 12.1 Å². The summed E-state index contributed by atoms with van der Waals surface area (Å²) in [6.45, 7) is 5.25. The van der Waals surface area contributed by atoms with Gasteiger partial charge in [-0.25, -0.2) is 9.18 Å². The predicted octanol–water partition coefficient (Wildman–Crippen LogP) is 4.78. The van der Waals surface area contributed by atoms with Gasteiger partial charge in [0.2, 0.25) is 0 Å². The Balaban J connectivity index is 1.33. The first-order valence-electron chi connectivity index (χ1n) is 11.7. The van der Waals surface area contributed by atoms with Gasteiger partial charge < -0.3 is 19.7 Å². The first-order valence-corrected chi connectivity index (χ1v) is 11.7. The lowest BCUT2D eigenvalue weighted by molar-refractivity contribution is 0.0878. The molecule has 1 aromatic carbocycles. The highest BCUT2D eigenvalue weighted by Crippen LogP contribution is 2.46. The zero-order valence-electron chi connectivity index (χ0n) is 18.1. The van der Waals surface area contributed by atoms with E-state index in [1.165, 1.54) is 18.9 Å². The molecule has 166 valence electrons. The summed E-state index contributed by atoms with van der Waals surface area (Å²) in [6.07, 6.45) is 9.20. The van der Waals surface area contributed by atoms with Gasteiger partial charge in [0.15, 0.2) is 0 Å². The van der Waals surface area contributed by atoms with Crippen LogP contribution in [0.3, 0.4) is 0 Å². The summed E-state index contributed by atoms with van der Waals surface area (Å²) in [5, 5.41) is 3.11. The van der Waals surface area contributed by atoms with E-state index in [9.17, 15) is 9.18 Å². The summed E-state index contributed by atoms with van der Waals surface area (Å²) in [5.41, 5.74) is 1.01. The topological polar surface area (TPSA) is 50.8 Å². The molecule has 1 N–H and O–H groups in total. The van der Waals surface area contributed by atoms with Crippen molar-refractivity contribution in [1.29, 1.82) is 0 Å². The van der Waals surface area contributed by atoms with E-state index in [0.29, 0.717) is 19.3 Å². The molecule has 4 rings (SSSR count). The van der Waals surface area contributed by atoms with Crippen molar-refractivity contribution in [1.82, 2.24) is 10.2 Å². The number of unbranched alkanes of at least 4 members (excludes halogenated alkanes) is 1. The number of alkyl carbamates (subject to hydrolysis) is 1. The number of hydrogen-bond donors (Lipinski definition) is 1. The Morgan fingerprint density at radius 1 is 1.30 bits per heavy atom. The lowest BCUT2D eigenvalue weighted by atomic mass is 9.74. The summed E-state index contributed by atoms with van der Waals surface area (Å²) < 4.78 is 25.1. The second-order valence-electron chi connectivity index (χ2n) is 9.25. The van der Waals surface area contributed by atoms with Gasteiger partial charge in [0, 0.05) is 23.1 Å². The minimum Gasteiger partial charge on any atom is -0.492 e. The highest BCUT2D eigenvalue weighted by atomic mass is 19.1. The molecule has 0 radical (unpaired) electrons.